The molecule has 3 nitrogen and oxygen atoms in total. The number of hydrogen-bond donors (Lipinski definition) is 1. The summed E-state index contributed by atoms with van der Waals surface area (Å²) in [5, 5.41) is 3.38. The van der Waals surface area contributed by atoms with Gasteiger partial charge in [-0.25, -0.2) is 0 Å². The van der Waals surface area contributed by atoms with Crippen LogP contribution >= 0.6 is 0 Å². The Labute approximate surface area is 97.2 Å². The maximum atomic E-state index is 5.87. The van der Waals surface area contributed by atoms with Gasteiger partial charge in [-0.15, -0.1) is 0 Å². The second-order valence-electron chi connectivity index (χ2n) is 4.49. The van der Waals surface area contributed by atoms with Gasteiger partial charge in [-0.05, 0) is 50.8 Å². The van der Waals surface area contributed by atoms with Crippen LogP contribution < -0.4 is 5.32 Å². The van der Waals surface area contributed by atoms with Gasteiger partial charge in [-0.2, -0.15) is 0 Å². The zero-order valence-corrected chi connectivity index (χ0v) is 10.1. The Balaban J connectivity index is 1.95. The van der Waals surface area contributed by atoms with E-state index < -0.39 is 0 Å². The lowest BCUT2D eigenvalue weighted by atomic mass is 10.00. The molecule has 0 saturated heterocycles. The molecule has 1 saturated carbocycles. The SMILES string of the molecule is CCOC(C1CC1)C(Cc1ccoc1)NC. The fourth-order valence-electron chi connectivity index (χ4n) is 2.24. The predicted molar refractivity (Wildman–Crippen MR) is 63.4 cm³/mol. The highest BCUT2D eigenvalue weighted by Crippen LogP contribution is 2.36. The molecule has 1 aromatic rings. The van der Waals surface area contributed by atoms with Gasteiger partial charge in [0, 0.05) is 12.6 Å². The average Bonchev–Trinajstić information content (AvgIpc) is 3.01. The van der Waals surface area contributed by atoms with Crippen LogP contribution in [0.1, 0.15) is 25.3 Å². The monoisotopic (exact) mass is 223 g/mol. The number of nitrogens with one attached hydrogen (secondary N) is 1. The molecule has 0 radical (unpaired) electrons. The molecule has 1 aliphatic carbocycles. The highest BCUT2D eigenvalue weighted by Gasteiger charge is 2.36. The minimum absolute atomic E-state index is 0.352. The van der Waals surface area contributed by atoms with E-state index >= 15 is 0 Å². The molecule has 3 heteroatoms. The van der Waals surface area contributed by atoms with E-state index in [9.17, 15) is 0 Å². The van der Waals surface area contributed by atoms with Crippen molar-refractivity contribution < 1.29 is 9.15 Å². The first-order valence-corrected chi connectivity index (χ1v) is 6.15. The molecule has 2 atom stereocenters. The summed E-state index contributed by atoms with van der Waals surface area (Å²) in [4.78, 5) is 0. The summed E-state index contributed by atoms with van der Waals surface area (Å²) in [6.07, 6.45) is 7.51. The van der Waals surface area contributed by atoms with E-state index in [1.54, 1.807) is 6.26 Å². The normalized spacial score (nSPS) is 19.6. The molecule has 0 aromatic carbocycles. The molecule has 0 spiro atoms. The van der Waals surface area contributed by atoms with E-state index in [1.165, 1.54) is 18.4 Å². The van der Waals surface area contributed by atoms with Crippen molar-refractivity contribution in [2.24, 2.45) is 5.92 Å². The first-order valence-electron chi connectivity index (χ1n) is 6.15. The zero-order valence-electron chi connectivity index (χ0n) is 10.1. The van der Waals surface area contributed by atoms with Gasteiger partial charge in [0.15, 0.2) is 0 Å². The summed E-state index contributed by atoms with van der Waals surface area (Å²) >= 11 is 0. The molecule has 0 aliphatic heterocycles. The fourth-order valence-corrected chi connectivity index (χ4v) is 2.24. The molecule has 0 amide bonds. The Bertz CT molecular complexity index is 293. The van der Waals surface area contributed by atoms with Crippen LogP contribution in [0.3, 0.4) is 0 Å². The van der Waals surface area contributed by atoms with Gasteiger partial charge in [0.05, 0.1) is 18.6 Å². The molecule has 90 valence electrons. The van der Waals surface area contributed by atoms with Crippen molar-refractivity contribution >= 4 is 0 Å². The maximum Gasteiger partial charge on any atom is 0.0935 e. The van der Waals surface area contributed by atoms with E-state index in [0.29, 0.717) is 12.1 Å². The van der Waals surface area contributed by atoms with Crippen LogP contribution in [0.25, 0.3) is 0 Å². The van der Waals surface area contributed by atoms with Crippen LogP contribution in [0.2, 0.25) is 0 Å². The minimum Gasteiger partial charge on any atom is -0.472 e. The van der Waals surface area contributed by atoms with Gasteiger partial charge >= 0.3 is 0 Å². The molecule has 1 heterocycles. The van der Waals surface area contributed by atoms with Crippen molar-refractivity contribution in [2.75, 3.05) is 13.7 Å². The summed E-state index contributed by atoms with van der Waals surface area (Å²) in [6, 6.07) is 2.42. The van der Waals surface area contributed by atoms with E-state index in [4.69, 9.17) is 9.15 Å². The second kappa shape index (κ2) is 5.51. The summed E-state index contributed by atoms with van der Waals surface area (Å²) < 4.78 is 11.0. The third kappa shape index (κ3) is 2.86. The van der Waals surface area contributed by atoms with Crippen molar-refractivity contribution in [3.8, 4) is 0 Å². The quantitative estimate of drug-likeness (QED) is 0.769. The first-order chi connectivity index (χ1) is 7.85. The number of rotatable bonds is 7. The summed E-state index contributed by atoms with van der Waals surface area (Å²) in [5.74, 6) is 0.754. The van der Waals surface area contributed by atoms with Crippen LogP contribution in [-0.2, 0) is 11.2 Å². The van der Waals surface area contributed by atoms with Crippen molar-refractivity contribution in [3.05, 3.63) is 24.2 Å². The van der Waals surface area contributed by atoms with Gasteiger partial charge < -0.3 is 14.5 Å². The van der Waals surface area contributed by atoms with Crippen molar-refractivity contribution in [1.29, 1.82) is 0 Å². The molecular weight excluding hydrogens is 202 g/mol. The Hall–Kier alpha value is -0.800. The van der Waals surface area contributed by atoms with Crippen LogP contribution in [-0.4, -0.2) is 25.8 Å². The van der Waals surface area contributed by atoms with Crippen LogP contribution in [0.15, 0.2) is 23.0 Å². The third-order valence-electron chi connectivity index (χ3n) is 3.25. The highest BCUT2D eigenvalue weighted by molar-refractivity contribution is 5.09. The topological polar surface area (TPSA) is 34.4 Å². The van der Waals surface area contributed by atoms with Gasteiger partial charge in [-0.3, -0.25) is 0 Å². The Morgan fingerprint density at radius 3 is 2.88 bits per heavy atom. The molecule has 16 heavy (non-hydrogen) atoms. The van der Waals surface area contributed by atoms with Crippen LogP contribution in [0.4, 0.5) is 0 Å². The maximum absolute atomic E-state index is 5.87. The lowest BCUT2D eigenvalue weighted by Crippen LogP contribution is -2.42. The van der Waals surface area contributed by atoms with E-state index in [0.717, 1.165) is 18.9 Å². The molecule has 1 N–H and O–H groups in total. The average molecular weight is 223 g/mol. The number of ether oxygens (including phenoxy) is 1. The number of hydrogen-bond acceptors (Lipinski definition) is 3. The standard InChI is InChI=1S/C13H21NO2/c1-3-16-13(11-4-5-11)12(14-2)8-10-6-7-15-9-10/h6-7,9,11-14H,3-5,8H2,1-2H3. The third-order valence-corrected chi connectivity index (χ3v) is 3.25. The summed E-state index contributed by atoms with van der Waals surface area (Å²) in [7, 11) is 2.01. The lowest BCUT2D eigenvalue weighted by Gasteiger charge is -2.26. The summed E-state index contributed by atoms with van der Waals surface area (Å²) in [6.45, 7) is 2.87. The van der Waals surface area contributed by atoms with Crippen molar-refractivity contribution in [2.45, 2.75) is 38.3 Å². The Morgan fingerprint density at radius 1 is 1.56 bits per heavy atom. The van der Waals surface area contributed by atoms with Crippen molar-refractivity contribution in [3.63, 3.8) is 0 Å². The van der Waals surface area contributed by atoms with E-state index in [2.05, 4.69) is 12.2 Å². The zero-order chi connectivity index (χ0) is 11.4. The molecule has 2 rings (SSSR count). The first kappa shape index (κ1) is 11.7. The van der Waals surface area contributed by atoms with Gasteiger partial charge in [-0.1, -0.05) is 0 Å². The number of furan rings is 1. The van der Waals surface area contributed by atoms with Gasteiger partial charge in [0.2, 0.25) is 0 Å². The lowest BCUT2D eigenvalue weighted by molar-refractivity contribution is 0.0210. The van der Waals surface area contributed by atoms with E-state index in [1.807, 2.05) is 19.4 Å². The summed E-state index contributed by atoms with van der Waals surface area (Å²) in [5.41, 5.74) is 1.24. The molecule has 1 aromatic heterocycles. The molecule has 0 bridgehead atoms. The Morgan fingerprint density at radius 2 is 2.38 bits per heavy atom. The fraction of sp³-hybridized carbons (Fsp3) is 0.692. The highest BCUT2D eigenvalue weighted by atomic mass is 16.5. The Kier molecular flexibility index (Phi) is 4.02. The van der Waals surface area contributed by atoms with Crippen molar-refractivity contribution in [1.82, 2.24) is 5.32 Å². The minimum atomic E-state index is 0.352. The van der Waals surface area contributed by atoms with Crippen LogP contribution in [0, 0.1) is 5.92 Å². The molecule has 1 aliphatic rings. The smallest absolute Gasteiger partial charge is 0.0935 e. The predicted octanol–water partition coefficient (Wildman–Crippen LogP) is 2.23. The molecule has 1 fully saturated rings. The van der Waals surface area contributed by atoms with E-state index in [-0.39, 0.29) is 0 Å². The largest absolute Gasteiger partial charge is 0.472 e. The second-order valence-corrected chi connectivity index (χ2v) is 4.49. The van der Waals surface area contributed by atoms with Gasteiger partial charge in [0.1, 0.15) is 0 Å². The molecular formula is C13H21NO2. The van der Waals surface area contributed by atoms with Crippen LogP contribution in [0.5, 0.6) is 0 Å². The number of likely N-dealkylation sites (N-methyl/N-ethyl adjacent to an activating group) is 1. The molecule has 2 unspecified atom stereocenters. The van der Waals surface area contributed by atoms with Gasteiger partial charge in [0.25, 0.3) is 0 Å².